The normalized spacial score (nSPS) is 12.0. The molecule has 0 radical (unpaired) electrons. The molecule has 21 heavy (non-hydrogen) atoms. The minimum Gasteiger partial charge on any atom is -1.00 e. The molecule has 2 unspecified atom stereocenters. The summed E-state index contributed by atoms with van der Waals surface area (Å²) in [7, 11) is -16.5. The molecule has 0 aliphatic heterocycles. The average Bonchev–Trinajstić information content (AvgIpc) is 1.99. The van der Waals surface area contributed by atoms with Crippen LogP contribution in [0.2, 0.25) is 0 Å². The standard InChI is InChI=1S/K.4Na.H2O8S2.H2O4S2.H/c;;;;;1-9(2,3)7-8-10(4,5)6;1-5(2)6(3)4;/h;;;;;(H,1,2,3)(H,4,5,6);(H,1,2)(H,3,4);/q5*+1;;;-1/p-4. The Hall–Kier alpha value is 5.60. The predicted octanol–water partition coefficient (Wildman–Crippen LogP) is -18.4. The Labute approximate surface area is 257 Å². The molecule has 0 amide bonds. The summed E-state index contributed by atoms with van der Waals surface area (Å²) < 4.78 is 97.8. The molecule has 0 N–H and O–H groups in total. The van der Waals surface area contributed by atoms with Gasteiger partial charge in [0.2, 0.25) is 20.8 Å². The molecule has 0 rings (SSSR count). The summed E-state index contributed by atoms with van der Waals surface area (Å²) in [6.07, 6.45) is 0. The molecule has 102 valence electrons. The molecular weight excluding hydrogens is 451 g/mol. The zero-order valence-electron chi connectivity index (χ0n) is 12.5. The first-order valence-electron chi connectivity index (χ1n) is 2.33. The van der Waals surface area contributed by atoms with Gasteiger partial charge in [0.15, 0.2) is 0 Å². The van der Waals surface area contributed by atoms with Crippen molar-refractivity contribution < 1.29 is 223 Å². The third kappa shape index (κ3) is 51.7. The van der Waals surface area contributed by atoms with E-state index in [2.05, 4.69) is 8.67 Å². The second-order valence-corrected chi connectivity index (χ2v) is 5.72. The first-order chi connectivity index (χ1) is 6.85. The van der Waals surface area contributed by atoms with E-state index < -0.39 is 41.0 Å². The second kappa shape index (κ2) is 23.6. The fourth-order valence-corrected chi connectivity index (χ4v) is 0.612. The minimum atomic E-state index is -5.31. The van der Waals surface area contributed by atoms with Gasteiger partial charge in [-0.05, 0) is 0 Å². The molecule has 0 heterocycles. The van der Waals surface area contributed by atoms with Crippen molar-refractivity contribution in [3.05, 3.63) is 0 Å². The Bertz CT molecular complexity index is 416. The van der Waals surface area contributed by atoms with Gasteiger partial charge in [0, 0.05) is 20.2 Å². The molecule has 21 heteroatoms. The van der Waals surface area contributed by atoms with Crippen LogP contribution >= 0.6 is 0 Å². The molecule has 0 saturated carbocycles. The van der Waals surface area contributed by atoms with Crippen LogP contribution in [0.25, 0.3) is 0 Å². The van der Waals surface area contributed by atoms with Crippen molar-refractivity contribution in [1.29, 1.82) is 0 Å². The fraction of sp³-hybridized carbons (Fsp3) is 0. The van der Waals surface area contributed by atoms with Crippen molar-refractivity contribution in [2.45, 2.75) is 0 Å². The second-order valence-electron chi connectivity index (χ2n) is 1.36. The van der Waals surface area contributed by atoms with Crippen LogP contribution in [0.4, 0.5) is 0 Å². The SMILES string of the molecule is O=S(=O)([O-])OOS(=O)(=O)[O-].O=S([O-])S(=O)[O-].[H-].[K+].[Na+].[Na+].[Na+].[Na+]. The van der Waals surface area contributed by atoms with E-state index in [1.54, 1.807) is 0 Å². The summed E-state index contributed by atoms with van der Waals surface area (Å²) in [5, 5.41) is 0. The van der Waals surface area contributed by atoms with Crippen LogP contribution < -0.4 is 170 Å². The van der Waals surface area contributed by atoms with E-state index in [0.29, 0.717) is 0 Å². The van der Waals surface area contributed by atoms with E-state index in [4.69, 9.17) is 17.5 Å². The van der Waals surface area contributed by atoms with Gasteiger partial charge in [-0.15, -0.1) is 8.67 Å². The summed E-state index contributed by atoms with van der Waals surface area (Å²) in [4.78, 5) is 0. The minimum absolute atomic E-state index is 0. The molecule has 0 fully saturated rings. The van der Waals surface area contributed by atoms with Gasteiger partial charge < -0.3 is 19.6 Å². The van der Waals surface area contributed by atoms with Gasteiger partial charge in [-0.1, -0.05) is 0 Å². The Kier molecular flexibility index (Phi) is 51.1. The van der Waals surface area contributed by atoms with Gasteiger partial charge in [0.1, 0.15) is 0 Å². The zero-order valence-corrected chi connectivity index (χ0v) is 25.9. The van der Waals surface area contributed by atoms with E-state index in [1.165, 1.54) is 0 Å². The molecule has 12 nitrogen and oxygen atoms in total. The van der Waals surface area contributed by atoms with Gasteiger partial charge in [-0.3, -0.25) is 8.42 Å². The molecule has 0 aromatic heterocycles. The van der Waals surface area contributed by atoms with Crippen molar-refractivity contribution in [3.63, 3.8) is 0 Å². The van der Waals surface area contributed by atoms with Gasteiger partial charge in [-0.25, -0.2) is 16.8 Å². The fourth-order valence-electron chi connectivity index (χ4n) is 0.0680. The summed E-state index contributed by atoms with van der Waals surface area (Å²) in [5.74, 6) is 0. The van der Waals surface area contributed by atoms with Crippen LogP contribution in [-0.4, -0.2) is 43.5 Å². The quantitative estimate of drug-likeness (QED) is 0.0739. The number of hydrogen-bond donors (Lipinski definition) is 0. The van der Waals surface area contributed by atoms with Crippen LogP contribution in [0.15, 0.2) is 0 Å². The Balaban J connectivity index is -0.0000000248. The number of hydrogen-bond acceptors (Lipinski definition) is 12. The molecule has 0 aromatic carbocycles. The molecule has 0 spiro atoms. The topological polar surface area (TPSA) is 213 Å². The molecule has 0 bridgehead atoms. The van der Waals surface area contributed by atoms with Crippen LogP contribution in [0.5, 0.6) is 0 Å². The maximum absolute atomic E-state index is 9.37. The molecule has 0 saturated heterocycles. The smallest absolute Gasteiger partial charge is 1.00 e. The zero-order chi connectivity index (χ0) is 13.6. The van der Waals surface area contributed by atoms with Gasteiger partial charge in [0.05, 0.1) is 0 Å². The summed E-state index contributed by atoms with van der Waals surface area (Å²) >= 11 is 0. The van der Waals surface area contributed by atoms with Gasteiger partial charge >= 0.3 is 170 Å². The van der Waals surface area contributed by atoms with E-state index in [-0.39, 0.29) is 171 Å². The summed E-state index contributed by atoms with van der Waals surface area (Å²) in [6, 6.07) is 0. The van der Waals surface area contributed by atoms with Crippen molar-refractivity contribution in [1.82, 2.24) is 0 Å². The van der Waals surface area contributed by atoms with Crippen molar-refractivity contribution in [3.8, 4) is 0 Å². The molecule has 0 aliphatic rings. The Morgan fingerprint density at radius 3 is 0.905 bits per heavy atom. The molecule has 2 atom stereocenters. The summed E-state index contributed by atoms with van der Waals surface area (Å²) in [5.41, 5.74) is 0. The Morgan fingerprint density at radius 1 is 0.714 bits per heavy atom. The maximum atomic E-state index is 9.37. The van der Waals surface area contributed by atoms with Crippen molar-refractivity contribution in [2.75, 3.05) is 0 Å². The molecular formula is HKNa4O12S4. The summed E-state index contributed by atoms with van der Waals surface area (Å²) in [6.45, 7) is 0. The largest absolute Gasteiger partial charge is 1.00 e. The number of rotatable bonds is 4. The van der Waals surface area contributed by atoms with E-state index >= 15 is 0 Å². The first kappa shape index (κ1) is 45.4. The van der Waals surface area contributed by atoms with Crippen LogP contribution in [0, 0.1) is 0 Å². The third-order valence-electron chi connectivity index (χ3n) is 0.306. The van der Waals surface area contributed by atoms with Crippen LogP contribution in [0.3, 0.4) is 0 Å². The first-order valence-corrected chi connectivity index (χ1v) is 7.67. The maximum Gasteiger partial charge on any atom is 1.00 e. The monoisotopic (exact) mass is 452 g/mol. The van der Waals surface area contributed by atoms with E-state index in [9.17, 15) is 25.9 Å². The van der Waals surface area contributed by atoms with E-state index in [1.807, 2.05) is 0 Å². The predicted molar refractivity (Wildman–Crippen MR) is 40.5 cm³/mol. The van der Waals surface area contributed by atoms with Crippen LogP contribution in [-0.2, 0) is 49.7 Å². The van der Waals surface area contributed by atoms with E-state index in [0.717, 1.165) is 0 Å². The van der Waals surface area contributed by atoms with Gasteiger partial charge in [0.25, 0.3) is 0 Å². The third-order valence-corrected chi connectivity index (χ3v) is 1.75. The van der Waals surface area contributed by atoms with Crippen LogP contribution in [0.1, 0.15) is 1.43 Å². The molecule has 0 aliphatic carbocycles. The van der Waals surface area contributed by atoms with Crippen molar-refractivity contribution >= 4 is 41.0 Å². The Morgan fingerprint density at radius 2 is 0.857 bits per heavy atom. The van der Waals surface area contributed by atoms with Crippen molar-refractivity contribution in [2.24, 2.45) is 0 Å². The van der Waals surface area contributed by atoms with Gasteiger partial charge in [-0.2, -0.15) is 0 Å². The average molecular weight is 452 g/mol. The molecule has 0 aromatic rings.